The molecule has 54 heavy (non-hydrogen) atoms. The molecule has 0 saturated heterocycles. The van der Waals surface area contributed by atoms with E-state index in [1.165, 1.54) is 107 Å². The van der Waals surface area contributed by atoms with Gasteiger partial charge in [0.1, 0.15) is 11.2 Å². The molecule has 0 aliphatic heterocycles. The Kier molecular flexibility index (Phi) is 5.57. The Balaban J connectivity index is 1.00. The van der Waals surface area contributed by atoms with Crippen LogP contribution in [-0.4, -0.2) is 0 Å². The molecule has 2 heterocycles. The number of hydrogen-bond acceptors (Lipinski definition) is 2. The molecule has 1 nitrogen and oxygen atoms in total. The number of fused-ring (bicyclic) bond motifs is 13. The van der Waals surface area contributed by atoms with Gasteiger partial charge in [0, 0.05) is 30.9 Å². The maximum absolute atomic E-state index is 6.45. The lowest BCUT2D eigenvalue weighted by Gasteiger charge is -2.14. The van der Waals surface area contributed by atoms with Gasteiger partial charge in [0.15, 0.2) is 0 Å². The van der Waals surface area contributed by atoms with Gasteiger partial charge in [-0.15, -0.1) is 11.3 Å². The number of hydrogen-bond donors (Lipinski definition) is 0. The smallest absolute Gasteiger partial charge is 0.135 e. The summed E-state index contributed by atoms with van der Waals surface area (Å²) in [7, 11) is 0. The van der Waals surface area contributed by atoms with Crippen molar-refractivity contribution in [2.45, 2.75) is 0 Å². The van der Waals surface area contributed by atoms with Crippen molar-refractivity contribution in [3.05, 3.63) is 170 Å². The van der Waals surface area contributed by atoms with Gasteiger partial charge in [-0.05, 0) is 129 Å². The minimum atomic E-state index is 0.908. The summed E-state index contributed by atoms with van der Waals surface area (Å²) in [5.74, 6) is 0. The lowest BCUT2D eigenvalue weighted by molar-refractivity contribution is 0.669. The van der Waals surface area contributed by atoms with Crippen LogP contribution in [0.2, 0.25) is 0 Å². The molecule has 0 bridgehead atoms. The van der Waals surface area contributed by atoms with Gasteiger partial charge in [-0.2, -0.15) is 0 Å². The topological polar surface area (TPSA) is 13.1 Å². The van der Waals surface area contributed by atoms with Gasteiger partial charge in [0.25, 0.3) is 0 Å². The number of furan rings is 1. The van der Waals surface area contributed by atoms with Crippen molar-refractivity contribution in [1.29, 1.82) is 0 Å². The highest BCUT2D eigenvalue weighted by Crippen LogP contribution is 2.46. The van der Waals surface area contributed by atoms with Crippen molar-refractivity contribution in [2.24, 2.45) is 0 Å². The largest absolute Gasteiger partial charge is 0.456 e. The van der Waals surface area contributed by atoms with Crippen molar-refractivity contribution >= 4 is 118 Å². The molecule has 0 saturated carbocycles. The number of benzene rings is 11. The standard InChI is InChI=1S/C52H28OS/c1-2-9-38-36(8-1)42-26-32(16-20-37(42)40-22-25-48-52(51(38)40)41-10-3-4-11-47(41)54-48)33-17-23-45-43(27-33)44-28-34(18-24-46(44)53-45)35-19-14-31-13-12-29-6-5-7-30-15-21-39(35)50(31)49(29)30/h1-28H. The van der Waals surface area contributed by atoms with Crippen LogP contribution in [0.3, 0.4) is 0 Å². The van der Waals surface area contributed by atoms with Crippen LogP contribution in [0.1, 0.15) is 0 Å². The first-order valence-corrected chi connectivity index (χ1v) is 19.4. The van der Waals surface area contributed by atoms with Crippen molar-refractivity contribution in [1.82, 2.24) is 0 Å². The van der Waals surface area contributed by atoms with Crippen LogP contribution in [0, 0.1) is 0 Å². The summed E-state index contributed by atoms with van der Waals surface area (Å²) >= 11 is 1.89. The summed E-state index contributed by atoms with van der Waals surface area (Å²) in [5, 5.41) is 20.6. The minimum absolute atomic E-state index is 0.908. The zero-order chi connectivity index (χ0) is 35.1. The van der Waals surface area contributed by atoms with Crippen molar-refractivity contribution < 1.29 is 4.42 Å². The van der Waals surface area contributed by atoms with Gasteiger partial charge in [-0.1, -0.05) is 127 Å². The quantitative estimate of drug-likeness (QED) is 0.164. The van der Waals surface area contributed by atoms with E-state index in [1.807, 2.05) is 11.3 Å². The first kappa shape index (κ1) is 28.8. The van der Waals surface area contributed by atoms with Crippen molar-refractivity contribution in [3.63, 3.8) is 0 Å². The second-order valence-corrected chi connectivity index (χ2v) is 15.8. The number of thiophene rings is 1. The molecule has 2 aromatic heterocycles. The van der Waals surface area contributed by atoms with E-state index in [9.17, 15) is 0 Å². The van der Waals surface area contributed by atoms with E-state index in [1.54, 1.807) is 0 Å². The van der Waals surface area contributed by atoms with Gasteiger partial charge in [0.2, 0.25) is 0 Å². The molecule has 248 valence electrons. The molecule has 13 rings (SSSR count). The molecule has 13 aromatic rings. The molecule has 2 heteroatoms. The Bertz CT molecular complexity index is 3690. The summed E-state index contributed by atoms with van der Waals surface area (Å²) < 4.78 is 9.13. The van der Waals surface area contributed by atoms with E-state index in [0.29, 0.717) is 0 Å². The fraction of sp³-hybridized carbons (Fsp3) is 0. The Morgan fingerprint density at radius 1 is 0.296 bits per heavy atom. The summed E-state index contributed by atoms with van der Waals surface area (Å²) in [5.41, 5.74) is 6.65. The van der Waals surface area contributed by atoms with Gasteiger partial charge >= 0.3 is 0 Å². The van der Waals surface area contributed by atoms with Crippen LogP contribution < -0.4 is 0 Å². The predicted molar refractivity (Wildman–Crippen MR) is 234 cm³/mol. The zero-order valence-corrected chi connectivity index (χ0v) is 29.8. The third-order valence-corrected chi connectivity index (χ3v) is 13.1. The molecule has 0 atom stereocenters. The molecule has 0 unspecified atom stereocenters. The van der Waals surface area contributed by atoms with Gasteiger partial charge in [-0.25, -0.2) is 0 Å². The Morgan fingerprint density at radius 2 is 0.870 bits per heavy atom. The molecular formula is C52H28OS. The Morgan fingerprint density at radius 3 is 1.70 bits per heavy atom. The average Bonchev–Trinajstić information content (AvgIpc) is 3.80. The molecule has 11 aromatic carbocycles. The van der Waals surface area contributed by atoms with Crippen molar-refractivity contribution in [3.8, 4) is 22.3 Å². The third-order valence-electron chi connectivity index (χ3n) is 12.0. The van der Waals surface area contributed by atoms with E-state index in [0.717, 1.165) is 21.9 Å². The molecule has 0 amide bonds. The molecule has 0 aliphatic carbocycles. The summed E-state index contributed by atoms with van der Waals surface area (Å²) in [6.07, 6.45) is 0. The van der Waals surface area contributed by atoms with E-state index >= 15 is 0 Å². The zero-order valence-electron chi connectivity index (χ0n) is 29.0. The monoisotopic (exact) mass is 700 g/mol. The molecule has 0 fully saturated rings. The SMILES string of the molecule is c1cc2ccc3ccc(-c4ccc5oc6ccc(-c7ccc8c(c7)c7ccccc7c7c8ccc8sc9ccccc9c87)cc6c5c4)c4ccc(c1)c2c34. The highest BCUT2D eigenvalue weighted by molar-refractivity contribution is 7.26. The Labute approximate surface area is 313 Å². The van der Waals surface area contributed by atoms with E-state index in [4.69, 9.17) is 4.42 Å². The average molecular weight is 701 g/mol. The maximum atomic E-state index is 6.45. The third kappa shape index (κ3) is 3.82. The van der Waals surface area contributed by atoms with E-state index < -0.39 is 0 Å². The fourth-order valence-corrected chi connectivity index (χ4v) is 10.7. The Hall–Kier alpha value is -6.74. The van der Waals surface area contributed by atoms with Gasteiger partial charge in [0.05, 0.1) is 0 Å². The van der Waals surface area contributed by atoms with Crippen LogP contribution in [0.15, 0.2) is 174 Å². The minimum Gasteiger partial charge on any atom is -0.456 e. The first-order chi connectivity index (χ1) is 26.7. The first-order valence-electron chi connectivity index (χ1n) is 18.6. The van der Waals surface area contributed by atoms with Crippen LogP contribution >= 0.6 is 11.3 Å². The van der Waals surface area contributed by atoms with Crippen LogP contribution in [-0.2, 0) is 0 Å². The number of rotatable bonds is 2. The van der Waals surface area contributed by atoms with Gasteiger partial charge in [-0.3, -0.25) is 0 Å². The highest BCUT2D eigenvalue weighted by atomic mass is 32.1. The fourth-order valence-electron chi connectivity index (χ4n) is 9.55. The summed E-state index contributed by atoms with van der Waals surface area (Å²) in [6, 6.07) is 63.0. The van der Waals surface area contributed by atoms with E-state index in [-0.39, 0.29) is 0 Å². The molecule has 0 spiro atoms. The molecule has 0 aliphatic rings. The van der Waals surface area contributed by atoms with Crippen LogP contribution in [0.5, 0.6) is 0 Å². The molecule has 0 N–H and O–H groups in total. The lowest BCUT2D eigenvalue weighted by atomic mass is 9.89. The van der Waals surface area contributed by atoms with Crippen LogP contribution in [0.25, 0.3) is 129 Å². The normalized spacial score (nSPS) is 12.4. The second-order valence-electron chi connectivity index (χ2n) is 14.8. The lowest BCUT2D eigenvalue weighted by Crippen LogP contribution is -1.87. The summed E-state index contributed by atoms with van der Waals surface area (Å²) in [4.78, 5) is 0. The second kappa shape index (κ2) is 10.4. The van der Waals surface area contributed by atoms with E-state index in [2.05, 4.69) is 170 Å². The predicted octanol–water partition coefficient (Wildman–Crippen LogP) is 15.6. The molecule has 0 radical (unpaired) electrons. The molecular weight excluding hydrogens is 673 g/mol. The highest BCUT2D eigenvalue weighted by Gasteiger charge is 2.17. The summed E-state index contributed by atoms with van der Waals surface area (Å²) in [6.45, 7) is 0. The van der Waals surface area contributed by atoms with Crippen molar-refractivity contribution in [2.75, 3.05) is 0 Å². The maximum Gasteiger partial charge on any atom is 0.135 e. The van der Waals surface area contributed by atoms with Crippen LogP contribution in [0.4, 0.5) is 0 Å². The van der Waals surface area contributed by atoms with Gasteiger partial charge < -0.3 is 4.42 Å².